The number of thiophene rings is 1. The summed E-state index contributed by atoms with van der Waals surface area (Å²) in [7, 11) is -3.41. The fourth-order valence-corrected chi connectivity index (χ4v) is 5.97. The molecular formula is C14H22N2O3S2. The summed E-state index contributed by atoms with van der Waals surface area (Å²) in [5, 5.41) is 4.57. The molecule has 1 saturated heterocycles. The van der Waals surface area contributed by atoms with Gasteiger partial charge in [0.05, 0.1) is 0 Å². The van der Waals surface area contributed by atoms with Crippen LogP contribution < -0.4 is 5.32 Å². The first-order chi connectivity index (χ1) is 9.93. The molecule has 1 aromatic rings. The highest BCUT2D eigenvalue weighted by Gasteiger charge is 2.34. The van der Waals surface area contributed by atoms with Gasteiger partial charge in [-0.25, -0.2) is 8.42 Å². The largest absolute Gasteiger partial charge is 0.356 e. The molecule has 1 amide bonds. The fourth-order valence-electron chi connectivity index (χ4n) is 2.72. The third-order valence-corrected chi connectivity index (χ3v) is 7.40. The standard InChI is InChI=1S/C14H22N2O3S2/c1-11-7-10-20-14(11)21(18,19)16-9-4-3-5-13(16)6-8-15-12(2)17/h7,10,13H,3-6,8-9H2,1-2H3,(H,15,17). The lowest BCUT2D eigenvalue weighted by molar-refractivity contribution is -0.119. The first kappa shape index (κ1) is 16.5. The van der Waals surface area contributed by atoms with Crippen LogP contribution in [0.5, 0.6) is 0 Å². The average Bonchev–Trinajstić information content (AvgIpc) is 2.86. The van der Waals surface area contributed by atoms with E-state index in [1.165, 1.54) is 18.3 Å². The summed E-state index contributed by atoms with van der Waals surface area (Å²) < 4.78 is 27.7. The zero-order valence-corrected chi connectivity index (χ0v) is 14.1. The molecular weight excluding hydrogens is 308 g/mol. The van der Waals surface area contributed by atoms with Crippen molar-refractivity contribution in [3.05, 3.63) is 17.0 Å². The van der Waals surface area contributed by atoms with Gasteiger partial charge in [0.15, 0.2) is 0 Å². The molecule has 0 saturated carbocycles. The summed E-state index contributed by atoms with van der Waals surface area (Å²) in [5.74, 6) is -0.0747. The summed E-state index contributed by atoms with van der Waals surface area (Å²) in [6.07, 6.45) is 3.48. The van der Waals surface area contributed by atoms with Crippen LogP contribution in [0.1, 0.15) is 38.2 Å². The van der Waals surface area contributed by atoms with Crippen molar-refractivity contribution in [1.29, 1.82) is 0 Å². The average molecular weight is 330 g/mol. The Morgan fingerprint density at radius 2 is 2.24 bits per heavy atom. The Kier molecular flexibility index (Phi) is 5.40. The molecule has 7 heteroatoms. The third-order valence-electron chi connectivity index (χ3n) is 3.78. The Morgan fingerprint density at radius 3 is 2.86 bits per heavy atom. The van der Waals surface area contributed by atoms with Crippen LogP contribution in [0.2, 0.25) is 0 Å². The molecule has 0 bridgehead atoms. The number of carbonyl (C=O) groups is 1. The number of amides is 1. The smallest absolute Gasteiger partial charge is 0.253 e. The number of nitrogens with zero attached hydrogens (tertiary/aromatic N) is 1. The Morgan fingerprint density at radius 1 is 1.48 bits per heavy atom. The maximum absolute atomic E-state index is 12.8. The van der Waals surface area contributed by atoms with Crippen LogP contribution in [0.25, 0.3) is 0 Å². The lowest BCUT2D eigenvalue weighted by atomic mass is 10.0. The van der Waals surface area contributed by atoms with Gasteiger partial charge in [0.2, 0.25) is 5.91 Å². The van der Waals surface area contributed by atoms with E-state index in [-0.39, 0.29) is 11.9 Å². The Bertz CT molecular complexity index is 595. The number of sulfonamides is 1. The maximum Gasteiger partial charge on any atom is 0.253 e. The van der Waals surface area contributed by atoms with Gasteiger partial charge in [-0.2, -0.15) is 4.31 Å². The van der Waals surface area contributed by atoms with Gasteiger partial charge in [0.1, 0.15) is 4.21 Å². The summed E-state index contributed by atoms with van der Waals surface area (Å²) in [5.41, 5.74) is 0.811. The van der Waals surface area contributed by atoms with E-state index >= 15 is 0 Å². The predicted molar refractivity (Wildman–Crippen MR) is 83.9 cm³/mol. The highest BCUT2D eigenvalue weighted by molar-refractivity contribution is 7.91. The van der Waals surface area contributed by atoms with Crippen molar-refractivity contribution in [3.8, 4) is 0 Å². The molecule has 1 aromatic heterocycles. The summed E-state index contributed by atoms with van der Waals surface area (Å²) in [6.45, 7) is 4.41. The zero-order chi connectivity index (χ0) is 15.5. The number of rotatable bonds is 5. The van der Waals surface area contributed by atoms with Crippen LogP contribution in [-0.4, -0.2) is 37.8 Å². The molecule has 1 N–H and O–H groups in total. The van der Waals surface area contributed by atoms with Crippen LogP contribution in [-0.2, 0) is 14.8 Å². The fraction of sp³-hybridized carbons (Fsp3) is 0.643. The second-order valence-corrected chi connectivity index (χ2v) is 8.43. The topological polar surface area (TPSA) is 66.5 Å². The number of aryl methyl sites for hydroxylation is 1. The highest BCUT2D eigenvalue weighted by Crippen LogP contribution is 2.31. The van der Waals surface area contributed by atoms with E-state index in [0.29, 0.717) is 23.7 Å². The van der Waals surface area contributed by atoms with Gasteiger partial charge in [-0.3, -0.25) is 4.79 Å². The number of piperidine rings is 1. The van der Waals surface area contributed by atoms with E-state index in [9.17, 15) is 13.2 Å². The van der Waals surface area contributed by atoms with Gasteiger partial charge in [0.25, 0.3) is 10.0 Å². The molecule has 0 radical (unpaired) electrons. The van der Waals surface area contributed by atoms with Gasteiger partial charge >= 0.3 is 0 Å². The van der Waals surface area contributed by atoms with Gasteiger partial charge < -0.3 is 5.32 Å². The van der Waals surface area contributed by atoms with Gasteiger partial charge in [-0.15, -0.1) is 11.3 Å². The molecule has 1 aliphatic rings. The summed E-state index contributed by atoms with van der Waals surface area (Å²) >= 11 is 1.28. The van der Waals surface area contributed by atoms with E-state index in [4.69, 9.17) is 0 Å². The minimum absolute atomic E-state index is 0.0166. The zero-order valence-electron chi connectivity index (χ0n) is 12.5. The van der Waals surface area contributed by atoms with E-state index in [2.05, 4.69) is 5.32 Å². The molecule has 1 fully saturated rings. The van der Waals surface area contributed by atoms with Crippen molar-refractivity contribution >= 4 is 27.3 Å². The van der Waals surface area contributed by atoms with Crippen molar-refractivity contribution in [1.82, 2.24) is 9.62 Å². The predicted octanol–water partition coefficient (Wildman–Crippen LogP) is 2.13. The minimum Gasteiger partial charge on any atom is -0.356 e. The minimum atomic E-state index is -3.41. The van der Waals surface area contributed by atoms with Crippen molar-refractivity contribution in [3.63, 3.8) is 0 Å². The van der Waals surface area contributed by atoms with Crippen LogP contribution in [0.15, 0.2) is 15.7 Å². The SMILES string of the molecule is CC(=O)NCCC1CCCCN1S(=O)(=O)c1sccc1C. The highest BCUT2D eigenvalue weighted by atomic mass is 32.2. The van der Waals surface area contributed by atoms with Crippen molar-refractivity contribution in [2.45, 2.75) is 49.8 Å². The van der Waals surface area contributed by atoms with Crippen LogP contribution in [0.4, 0.5) is 0 Å². The molecule has 1 aliphatic heterocycles. The number of carbonyl (C=O) groups excluding carboxylic acids is 1. The second kappa shape index (κ2) is 6.89. The molecule has 1 atom stereocenters. The molecule has 1 unspecified atom stereocenters. The Labute approximate surface area is 130 Å². The molecule has 118 valence electrons. The second-order valence-electron chi connectivity index (χ2n) is 5.43. The lowest BCUT2D eigenvalue weighted by Crippen LogP contribution is -2.45. The molecule has 0 aromatic carbocycles. The van der Waals surface area contributed by atoms with Crippen molar-refractivity contribution < 1.29 is 13.2 Å². The van der Waals surface area contributed by atoms with Gasteiger partial charge in [-0.05, 0) is 43.2 Å². The summed E-state index contributed by atoms with van der Waals surface area (Å²) in [4.78, 5) is 11.0. The lowest BCUT2D eigenvalue weighted by Gasteiger charge is -2.34. The van der Waals surface area contributed by atoms with E-state index in [1.54, 1.807) is 4.31 Å². The first-order valence-corrected chi connectivity index (χ1v) is 9.55. The Balaban J connectivity index is 2.14. The molecule has 2 heterocycles. The molecule has 21 heavy (non-hydrogen) atoms. The first-order valence-electron chi connectivity index (χ1n) is 7.23. The Hall–Kier alpha value is -0.920. The maximum atomic E-state index is 12.8. The number of nitrogens with one attached hydrogen (secondary N) is 1. The molecule has 0 aliphatic carbocycles. The van der Waals surface area contributed by atoms with Crippen LogP contribution >= 0.6 is 11.3 Å². The van der Waals surface area contributed by atoms with E-state index < -0.39 is 10.0 Å². The van der Waals surface area contributed by atoms with E-state index in [1.807, 2.05) is 18.4 Å². The van der Waals surface area contributed by atoms with Crippen LogP contribution in [0, 0.1) is 6.92 Å². The van der Waals surface area contributed by atoms with Gasteiger partial charge in [0, 0.05) is 26.1 Å². The molecule has 2 rings (SSSR count). The normalized spacial score (nSPS) is 20.4. The molecule has 0 spiro atoms. The van der Waals surface area contributed by atoms with Crippen molar-refractivity contribution in [2.24, 2.45) is 0 Å². The van der Waals surface area contributed by atoms with Gasteiger partial charge in [-0.1, -0.05) is 6.42 Å². The number of hydrogen-bond acceptors (Lipinski definition) is 4. The summed E-state index contributed by atoms with van der Waals surface area (Å²) in [6, 6.07) is 1.82. The third kappa shape index (κ3) is 3.84. The van der Waals surface area contributed by atoms with Crippen LogP contribution in [0.3, 0.4) is 0 Å². The van der Waals surface area contributed by atoms with Crippen molar-refractivity contribution in [2.75, 3.05) is 13.1 Å². The monoisotopic (exact) mass is 330 g/mol. The molecule has 5 nitrogen and oxygen atoms in total. The van der Waals surface area contributed by atoms with E-state index in [0.717, 1.165) is 24.8 Å². The number of hydrogen-bond donors (Lipinski definition) is 1. The quantitative estimate of drug-likeness (QED) is 0.899.